The highest BCUT2D eigenvalue weighted by Crippen LogP contribution is 2.21. The Balaban J connectivity index is 0.000000215. The number of nitrogens with zero attached hydrogens (tertiary/aromatic N) is 3. The number of carbonyl (C=O) groups is 3. The molecule has 0 aliphatic heterocycles. The molecule has 0 spiro atoms. The third-order valence-electron chi connectivity index (χ3n) is 8.47. The van der Waals surface area contributed by atoms with Crippen LogP contribution in [0.2, 0.25) is 10.0 Å². The first-order valence-corrected chi connectivity index (χ1v) is 18.9. The van der Waals surface area contributed by atoms with E-state index in [9.17, 15) is 19.2 Å². The van der Waals surface area contributed by atoms with Gasteiger partial charge < -0.3 is 30.3 Å². The molecule has 12 nitrogen and oxygen atoms in total. The smallest absolute Gasteiger partial charge is 0.411 e. The minimum absolute atomic E-state index is 0.0456. The van der Waals surface area contributed by atoms with Crippen LogP contribution in [0.4, 0.5) is 25.8 Å². The summed E-state index contributed by atoms with van der Waals surface area (Å²) in [4.78, 5) is 52.0. The third-order valence-corrected chi connectivity index (χ3v) is 9.21. The molecular weight excluding hydrogens is 779 g/mol. The number of hydrogen-bond acceptors (Lipinski definition) is 7. The van der Waals surface area contributed by atoms with Crippen LogP contribution >= 0.6 is 23.2 Å². The lowest BCUT2D eigenvalue weighted by atomic mass is 10.1. The second kappa shape index (κ2) is 23.6. The summed E-state index contributed by atoms with van der Waals surface area (Å²) < 4.78 is 5.17. The van der Waals surface area contributed by atoms with E-state index in [1.54, 1.807) is 32.3 Å². The fourth-order valence-electron chi connectivity index (χ4n) is 5.24. The normalized spacial score (nSPS) is 10.1. The van der Waals surface area contributed by atoms with Gasteiger partial charge in [-0.25, -0.2) is 19.2 Å². The van der Waals surface area contributed by atoms with Gasteiger partial charge in [-0.05, 0) is 69.1 Å². The molecule has 0 heterocycles. The molecule has 0 saturated carbocycles. The molecule has 14 heteroatoms. The molecule has 6 aromatic carbocycles. The molecule has 0 aromatic heterocycles. The number of hydrogen-bond donors (Lipinski definition) is 4. The van der Waals surface area contributed by atoms with Crippen LogP contribution in [0.5, 0.6) is 0 Å². The standard InChI is InChI=1S/C22H22ClN3O3.C11H15ClN2O2.C11H7NO/c1-26(21(27)24-15-18-8-4-5-9-20(18)23)12-13-29-22(28)25-19-11-10-16-6-2-3-7-17(16)14-19;1-14(6-7-15)11(16)13-8-9-4-2-3-5-10(9)12;13-8-12-11-6-5-9-3-1-2-4-10(9)7-11/h2-11,14H,12-13,15H2,1H3,(H,24,27)(H,25,28);2-5,15H,6-8H2,1H3,(H,13,16);1-7H. The number of urea groups is 2. The fraction of sp³-hybridized carbons (Fsp3) is 0.182. The summed E-state index contributed by atoms with van der Waals surface area (Å²) in [7, 11) is 3.25. The predicted octanol–water partition coefficient (Wildman–Crippen LogP) is 9.16. The number of amides is 5. The van der Waals surface area contributed by atoms with Crippen molar-refractivity contribution in [1.82, 2.24) is 20.4 Å². The Bertz CT molecular complexity index is 2340. The zero-order valence-electron chi connectivity index (χ0n) is 32.0. The molecule has 0 saturated heterocycles. The minimum atomic E-state index is -0.565. The van der Waals surface area contributed by atoms with E-state index < -0.39 is 6.09 Å². The zero-order chi connectivity index (χ0) is 41.7. The Kier molecular flexibility index (Phi) is 18.0. The minimum Gasteiger partial charge on any atom is -0.447 e. The highest BCUT2D eigenvalue weighted by molar-refractivity contribution is 6.31. The Morgan fingerprint density at radius 2 is 1.14 bits per heavy atom. The van der Waals surface area contributed by atoms with Crippen molar-refractivity contribution >= 4 is 80.4 Å². The maximum Gasteiger partial charge on any atom is 0.411 e. The van der Waals surface area contributed by atoms with E-state index in [2.05, 4.69) is 20.9 Å². The van der Waals surface area contributed by atoms with Gasteiger partial charge >= 0.3 is 18.2 Å². The second-order valence-corrected chi connectivity index (χ2v) is 13.4. The molecule has 6 aromatic rings. The van der Waals surface area contributed by atoms with Gasteiger partial charge in [0.25, 0.3) is 0 Å². The number of likely N-dealkylation sites (N-methyl/N-ethyl adjacent to an activating group) is 2. The lowest BCUT2D eigenvalue weighted by molar-refractivity contribution is 0.146. The van der Waals surface area contributed by atoms with Crippen LogP contribution in [0.3, 0.4) is 0 Å². The molecule has 0 atom stereocenters. The predicted molar refractivity (Wildman–Crippen MR) is 230 cm³/mol. The lowest BCUT2D eigenvalue weighted by Crippen LogP contribution is -2.39. The van der Waals surface area contributed by atoms with Gasteiger partial charge in [0.1, 0.15) is 6.61 Å². The van der Waals surface area contributed by atoms with E-state index in [-0.39, 0.29) is 31.8 Å². The largest absolute Gasteiger partial charge is 0.447 e. The van der Waals surface area contributed by atoms with Crippen LogP contribution in [0.25, 0.3) is 21.5 Å². The second-order valence-electron chi connectivity index (χ2n) is 12.6. The highest BCUT2D eigenvalue weighted by atomic mass is 35.5. The number of aliphatic hydroxyl groups excluding tert-OH is 1. The molecular formula is C44H44Cl2N6O6. The van der Waals surface area contributed by atoms with Gasteiger partial charge in [-0.3, -0.25) is 5.32 Å². The van der Waals surface area contributed by atoms with Gasteiger partial charge in [0.05, 0.1) is 18.8 Å². The van der Waals surface area contributed by atoms with Crippen molar-refractivity contribution in [1.29, 1.82) is 0 Å². The Morgan fingerprint density at radius 1 is 0.655 bits per heavy atom. The summed E-state index contributed by atoms with van der Waals surface area (Å²) in [5, 5.41) is 22.4. The first-order chi connectivity index (χ1) is 28.1. The average molecular weight is 824 g/mol. The molecule has 4 N–H and O–H groups in total. The summed E-state index contributed by atoms with van der Waals surface area (Å²) >= 11 is 12.0. The van der Waals surface area contributed by atoms with Crippen molar-refractivity contribution in [3.05, 3.63) is 155 Å². The number of fused-ring (bicyclic) bond motifs is 2. The molecule has 0 aliphatic rings. The van der Waals surface area contributed by atoms with Gasteiger partial charge in [0.15, 0.2) is 0 Å². The number of nitrogens with one attached hydrogen (secondary N) is 3. The van der Waals surface area contributed by atoms with E-state index in [0.29, 0.717) is 41.1 Å². The van der Waals surface area contributed by atoms with Gasteiger partial charge in [0, 0.05) is 49.5 Å². The number of benzene rings is 6. The molecule has 0 fully saturated rings. The highest BCUT2D eigenvalue weighted by Gasteiger charge is 2.11. The van der Waals surface area contributed by atoms with Crippen molar-refractivity contribution in [2.45, 2.75) is 13.1 Å². The average Bonchev–Trinajstić information content (AvgIpc) is 3.23. The molecule has 0 unspecified atom stereocenters. The first-order valence-electron chi connectivity index (χ1n) is 18.1. The van der Waals surface area contributed by atoms with Crippen molar-refractivity contribution in [3.63, 3.8) is 0 Å². The van der Waals surface area contributed by atoms with Crippen molar-refractivity contribution in [2.75, 3.05) is 45.7 Å². The number of isocyanates is 1. The maximum absolute atomic E-state index is 12.1. The van der Waals surface area contributed by atoms with Crippen LogP contribution in [-0.4, -0.2) is 79.5 Å². The number of halogens is 2. The first kappa shape index (κ1) is 44.3. The summed E-state index contributed by atoms with van der Waals surface area (Å²) in [6, 6.07) is 41.2. The van der Waals surface area contributed by atoms with Crippen LogP contribution in [0.1, 0.15) is 11.1 Å². The van der Waals surface area contributed by atoms with Crippen LogP contribution in [0, 0.1) is 0 Å². The van der Waals surface area contributed by atoms with Crippen LogP contribution < -0.4 is 16.0 Å². The Morgan fingerprint density at radius 3 is 1.67 bits per heavy atom. The summed E-state index contributed by atoms with van der Waals surface area (Å²) in [5.74, 6) is 0. The summed E-state index contributed by atoms with van der Waals surface area (Å²) in [5.41, 5.74) is 3.00. The SMILES string of the molecule is CN(CCO)C(=O)NCc1ccccc1Cl.CN(CCOC(=O)Nc1ccc2ccccc2c1)C(=O)NCc1ccccc1Cl.O=C=Nc1ccc2ccccc2c1. The number of rotatable bonds is 11. The Labute approximate surface area is 347 Å². The summed E-state index contributed by atoms with van der Waals surface area (Å²) in [6.07, 6.45) is 0.959. The van der Waals surface area contributed by atoms with Gasteiger partial charge in [-0.15, -0.1) is 0 Å². The van der Waals surface area contributed by atoms with Crippen LogP contribution in [0.15, 0.2) is 138 Å². The number of carbonyl (C=O) groups excluding carboxylic acids is 4. The van der Waals surface area contributed by atoms with Crippen molar-refractivity contribution in [3.8, 4) is 0 Å². The topological polar surface area (TPSA) is 153 Å². The number of ether oxygens (including phenoxy) is 1. The van der Waals surface area contributed by atoms with E-state index in [1.807, 2.05) is 115 Å². The molecule has 6 rings (SSSR count). The van der Waals surface area contributed by atoms with Crippen molar-refractivity contribution < 1.29 is 29.0 Å². The summed E-state index contributed by atoms with van der Waals surface area (Å²) in [6.45, 7) is 1.32. The maximum atomic E-state index is 12.1. The third kappa shape index (κ3) is 14.6. The fourth-order valence-corrected chi connectivity index (χ4v) is 5.65. The van der Waals surface area contributed by atoms with Gasteiger partial charge in [-0.1, -0.05) is 120 Å². The van der Waals surface area contributed by atoms with Crippen molar-refractivity contribution in [2.24, 2.45) is 4.99 Å². The van der Waals surface area contributed by atoms with E-state index in [1.165, 1.54) is 15.9 Å². The monoisotopic (exact) mass is 822 g/mol. The lowest BCUT2D eigenvalue weighted by Gasteiger charge is -2.18. The number of aliphatic hydroxyl groups is 1. The molecule has 58 heavy (non-hydrogen) atoms. The molecule has 0 aliphatic carbocycles. The molecule has 5 amide bonds. The van der Waals surface area contributed by atoms with E-state index in [4.69, 9.17) is 33.0 Å². The quantitative estimate of drug-likeness (QED) is 0.0756. The number of aliphatic imine (C=N–C) groups is 1. The molecule has 300 valence electrons. The van der Waals surface area contributed by atoms with E-state index >= 15 is 0 Å². The van der Waals surface area contributed by atoms with Crippen LogP contribution in [-0.2, 0) is 22.6 Å². The molecule has 0 bridgehead atoms. The molecule has 0 radical (unpaired) electrons. The Hall–Kier alpha value is -6.43. The van der Waals surface area contributed by atoms with Gasteiger partial charge in [0.2, 0.25) is 6.08 Å². The van der Waals surface area contributed by atoms with E-state index in [0.717, 1.165) is 32.7 Å². The van der Waals surface area contributed by atoms with Gasteiger partial charge in [-0.2, -0.15) is 4.99 Å². The zero-order valence-corrected chi connectivity index (χ0v) is 33.5. The number of anilines is 1.